The van der Waals surface area contributed by atoms with Gasteiger partial charge in [0.1, 0.15) is 16.8 Å². The van der Waals surface area contributed by atoms with Crippen LogP contribution >= 0.6 is 0 Å². The van der Waals surface area contributed by atoms with E-state index in [1.807, 2.05) is 11.5 Å². The van der Waals surface area contributed by atoms with Crippen molar-refractivity contribution in [3.63, 3.8) is 0 Å². The average molecular weight is 502 g/mol. The van der Waals surface area contributed by atoms with E-state index in [1.54, 1.807) is 44.4 Å². The summed E-state index contributed by atoms with van der Waals surface area (Å²) in [6.45, 7) is 2.02. The summed E-state index contributed by atoms with van der Waals surface area (Å²) < 4.78 is 65.0. The molecule has 1 atom stereocenters. The zero-order valence-corrected chi connectivity index (χ0v) is 23.7. The van der Waals surface area contributed by atoms with E-state index in [-0.39, 0.29) is 69.6 Å². The van der Waals surface area contributed by atoms with E-state index < -0.39 is 26.8 Å². The van der Waals surface area contributed by atoms with Gasteiger partial charge in [-0.05, 0) is 29.8 Å². The van der Waals surface area contributed by atoms with Gasteiger partial charge < -0.3 is 19.8 Å². The van der Waals surface area contributed by atoms with Crippen LogP contribution in [0.3, 0.4) is 0 Å². The normalized spacial score (nSPS) is 11.4. The molecule has 14 heteroatoms. The summed E-state index contributed by atoms with van der Waals surface area (Å²) in [6, 6.07) is 12.3. The number of hydroxylamine groups is 1. The van der Waals surface area contributed by atoms with Crippen molar-refractivity contribution in [3.8, 4) is 0 Å². The number of ether oxygens (including phenoxy) is 1. The summed E-state index contributed by atoms with van der Waals surface area (Å²) in [5.74, 6) is 0. The van der Waals surface area contributed by atoms with Crippen LogP contribution < -0.4 is 69.9 Å². The molecule has 164 valence electrons. The van der Waals surface area contributed by atoms with Crippen LogP contribution in [0, 0.1) is 6.07 Å². The van der Waals surface area contributed by atoms with Crippen LogP contribution in [0.4, 0.5) is 5.69 Å². The summed E-state index contributed by atoms with van der Waals surface area (Å²) in [7, 11) is -6.19. The second-order valence-corrected chi connectivity index (χ2v) is 7.54. The molecule has 0 spiro atoms. The zero-order chi connectivity index (χ0) is 22.7. The standard InChI is InChI=1S/C18H21N2O5S.2Na.O3S/c1-13(20-21)16-8-7-15(18(11-16)26(22,23)24)6-3-14-4-9-17(10-5-14)19-12-25-2;;;1-4(2)3/h3-4,6-11,13,19-21H,12H2,1-2H3,(H,22,23,24);;;/q-1;2*+1;/p-1. The maximum atomic E-state index is 11.6. The number of hydrogen-bond donors (Lipinski definition) is 3. The van der Waals surface area contributed by atoms with Gasteiger partial charge >= 0.3 is 69.7 Å². The van der Waals surface area contributed by atoms with Crippen molar-refractivity contribution in [1.82, 2.24) is 5.48 Å². The maximum absolute atomic E-state index is 11.6. The van der Waals surface area contributed by atoms with Crippen molar-refractivity contribution >= 4 is 38.6 Å². The molecule has 2 aromatic carbocycles. The summed E-state index contributed by atoms with van der Waals surface area (Å²) in [5, 5.41) is 12.0. The van der Waals surface area contributed by atoms with E-state index in [0.717, 1.165) is 11.3 Å². The van der Waals surface area contributed by atoms with Crippen LogP contribution in [-0.4, -0.2) is 44.6 Å². The van der Waals surface area contributed by atoms with Crippen molar-refractivity contribution in [2.45, 2.75) is 17.9 Å². The number of rotatable bonds is 8. The third-order valence-corrected chi connectivity index (χ3v) is 4.59. The largest absolute Gasteiger partial charge is 1.00 e. The maximum Gasteiger partial charge on any atom is 1.00 e. The van der Waals surface area contributed by atoms with E-state index >= 15 is 0 Å². The van der Waals surface area contributed by atoms with Crippen molar-refractivity contribution in [2.24, 2.45) is 0 Å². The Morgan fingerprint density at radius 1 is 1.19 bits per heavy atom. The second kappa shape index (κ2) is 16.9. The number of benzene rings is 2. The van der Waals surface area contributed by atoms with E-state index in [0.29, 0.717) is 12.3 Å². The van der Waals surface area contributed by atoms with Gasteiger partial charge in [-0.3, -0.25) is 0 Å². The molecule has 0 saturated carbocycles. The Bertz CT molecular complexity index is 1070. The zero-order valence-electron chi connectivity index (χ0n) is 18.0. The average Bonchev–Trinajstić information content (AvgIpc) is 2.69. The molecule has 0 aliphatic carbocycles. The minimum Gasteiger partial charge on any atom is -0.744 e. The topological polar surface area (TPSA) is 162 Å². The third kappa shape index (κ3) is 12.6. The van der Waals surface area contributed by atoms with Crippen molar-refractivity contribution in [2.75, 3.05) is 19.2 Å². The molecule has 0 aromatic heterocycles. The molecule has 0 amide bonds. The second-order valence-electron chi connectivity index (χ2n) is 5.78. The number of nitrogens with one attached hydrogen (secondary N) is 2. The van der Waals surface area contributed by atoms with Crippen LogP contribution in [0.25, 0.3) is 12.2 Å². The molecule has 32 heavy (non-hydrogen) atoms. The monoisotopic (exact) mass is 502 g/mol. The SMILES string of the molecule is COCNc1c[c-]c(C=Cc2ccc(C(C)NO)cc2S(=O)(=O)[O-])cc1.O=S(=O)=O.[Na+].[Na+]. The molecule has 0 bridgehead atoms. The fourth-order valence-electron chi connectivity index (χ4n) is 2.23. The van der Waals surface area contributed by atoms with Gasteiger partial charge in [0.2, 0.25) is 0 Å². The summed E-state index contributed by atoms with van der Waals surface area (Å²) in [6.07, 6.45) is 3.21. The first-order valence-corrected chi connectivity index (χ1v) is 10.7. The van der Waals surface area contributed by atoms with Gasteiger partial charge in [0.25, 0.3) is 0 Å². The quantitative estimate of drug-likeness (QED) is 0.0803. The molecule has 0 heterocycles. The number of anilines is 1. The molecule has 0 aliphatic rings. The Labute approximate surface area is 232 Å². The van der Waals surface area contributed by atoms with E-state index in [9.17, 15) is 13.0 Å². The van der Waals surface area contributed by atoms with Gasteiger partial charge in [0.05, 0.1) is 10.9 Å². The van der Waals surface area contributed by atoms with Gasteiger partial charge in [0.15, 0.2) is 0 Å². The molecule has 0 saturated heterocycles. The van der Waals surface area contributed by atoms with Crippen molar-refractivity contribution in [3.05, 3.63) is 59.2 Å². The Morgan fingerprint density at radius 3 is 2.28 bits per heavy atom. The Balaban J connectivity index is 0. The van der Waals surface area contributed by atoms with Crippen LogP contribution in [-0.2, 0) is 25.5 Å². The minimum atomic E-state index is -4.66. The molecular formula is C18H20N2Na2O8S2. The van der Waals surface area contributed by atoms with Gasteiger partial charge in [-0.2, -0.15) is 11.0 Å². The molecule has 2 aromatic rings. The molecule has 0 aliphatic heterocycles. The molecule has 2 rings (SSSR count). The molecule has 1 unspecified atom stereocenters. The van der Waals surface area contributed by atoms with Crippen LogP contribution in [0.15, 0.2) is 41.3 Å². The van der Waals surface area contributed by atoms with E-state index in [1.165, 1.54) is 12.1 Å². The van der Waals surface area contributed by atoms with E-state index in [4.69, 9.17) is 22.6 Å². The smallest absolute Gasteiger partial charge is 0.744 e. The predicted octanol–water partition coefficient (Wildman–Crippen LogP) is -4.38. The minimum absolute atomic E-state index is 0. The summed E-state index contributed by atoms with van der Waals surface area (Å²) in [5.41, 5.74) is 4.33. The first-order valence-electron chi connectivity index (χ1n) is 8.27. The summed E-state index contributed by atoms with van der Waals surface area (Å²) >= 11 is 0. The van der Waals surface area contributed by atoms with Crippen LogP contribution in [0.5, 0.6) is 0 Å². The van der Waals surface area contributed by atoms with Crippen LogP contribution in [0.1, 0.15) is 29.7 Å². The van der Waals surface area contributed by atoms with Gasteiger partial charge in [-0.15, -0.1) is 43.0 Å². The fourth-order valence-corrected chi connectivity index (χ4v) is 2.94. The van der Waals surface area contributed by atoms with Crippen molar-refractivity contribution in [1.29, 1.82) is 0 Å². The van der Waals surface area contributed by atoms with Crippen molar-refractivity contribution < 1.29 is 94.7 Å². The van der Waals surface area contributed by atoms with Gasteiger partial charge in [0, 0.05) is 7.11 Å². The summed E-state index contributed by atoms with van der Waals surface area (Å²) in [4.78, 5) is -0.341. The first kappa shape index (κ1) is 33.6. The van der Waals surface area contributed by atoms with E-state index in [2.05, 4.69) is 11.4 Å². The van der Waals surface area contributed by atoms with Gasteiger partial charge in [-0.25, -0.2) is 8.42 Å². The Morgan fingerprint density at radius 2 is 1.81 bits per heavy atom. The molecule has 0 radical (unpaired) electrons. The fraction of sp³-hybridized carbons (Fsp3) is 0.222. The number of hydrogen-bond acceptors (Lipinski definition) is 10. The first-order chi connectivity index (χ1) is 14.1. The number of methoxy groups -OCH3 is 1. The molecule has 0 fully saturated rings. The predicted molar refractivity (Wildman–Crippen MR) is 107 cm³/mol. The Hall–Kier alpha value is -0.610. The molecule has 10 nitrogen and oxygen atoms in total. The third-order valence-electron chi connectivity index (χ3n) is 3.70. The molecular weight excluding hydrogens is 482 g/mol. The van der Waals surface area contributed by atoms with Crippen LogP contribution in [0.2, 0.25) is 0 Å². The Kier molecular flexibility index (Phi) is 17.7. The van der Waals surface area contributed by atoms with Gasteiger partial charge in [-0.1, -0.05) is 18.2 Å². The molecule has 3 N–H and O–H groups in total.